The van der Waals surface area contributed by atoms with Gasteiger partial charge in [-0.2, -0.15) is 0 Å². The third kappa shape index (κ3) is 3.65. The average molecular weight is 609 g/mol. The van der Waals surface area contributed by atoms with Crippen molar-refractivity contribution in [2.75, 3.05) is 4.90 Å². The lowest BCUT2D eigenvalue weighted by atomic mass is 9.33. The fourth-order valence-corrected chi connectivity index (χ4v) is 8.09. The van der Waals surface area contributed by atoms with E-state index in [2.05, 4.69) is 152 Å². The molecule has 6 aromatic carbocycles. The van der Waals surface area contributed by atoms with Crippen LogP contribution in [0.15, 0.2) is 115 Å². The summed E-state index contributed by atoms with van der Waals surface area (Å²) in [5.41, 5.74) is 13.0. The molecule has 0 saturated carbocycles. The first kappa shape index (κ1) is 26.8. The molecular formula is C42H33BN2O2. The van der Waals surface area contributed by atoms with Gasteiger partial charge in [0.25, 0.3) is 6.71 Å². The lowest BCUT2D eigenvalue weighted by Gasteiger charge is -2.42. The normalized spacial score (nSPS) is 13.7. The van der Waals surface area contributed by atoms with Crippen LogP contribution >= 0.6 is 0 Å². The monoisotopic (exact) mass is 608 g/mol. The third-order valence-corrected chi connectivity index (χ3v) is 10.4. The van der Waals surface area contributed by atoms with Crippen molar-refractivity contribution in [3.8, 4) is 28.7 Å². The zero-order chi connectivity index (χ0) is 31.6. The molecule has 0 unspecified atom stereocenters. The quantitative estimate of drug-likeness (QED) is 0.186. The van der Waals surface area contributed by atoms with E-state index in [1.807, 2.05) is 0 Å². The fourth-order valence-electron chi connectivity index (χ4n) is 8.09. The topological polar surface area (TPSA) is 26.6 Å². The maximum absolute atomic E-state index is 6.88. The Labute approximate surface area is 274 Å². The number of aromatic nitrogens is 1. The summed E-state index contributed by atoms with van der Waals surface area (Å²) < 4.78 is 16.1. The second-order valence-corrected chi connectivity index (χ2v) is 13.7. The van der Waals surface area contributed by atoms with Crippen LogP contribution in [0.1, 0.15) is 50.7 Å². The maximum Gasteiger partial charge on any atom is 0.266 e. The molecular weight excluding hydrogens is 575 g/mol. The molecule has 47 heavy (non-hydrogen) atoms. The highest BCUT2D eigenvalue weighted by Crippen LogP contribution is 2.46. The van der Waals surface area contributed by atoms with Gasteiger partial charge in [-0.05, 0) is 94.6 Å². The van der Waals surface area contributed by atoms with Crippen LogP contribution in [0.25, 0.3) is 27.5 Å². The van der Waals surface area contributed by atoms with Crippen LogP contribution in [0.3, 0.4) is 0 Å². The minimum Gasteiger partial charge on any atom is -0.458 e. The number of hydrogen-bond acceptors (Lipinski definition) is 3. The lowest BCUT2D eigenvalue weighted by Crippen LogP contribution is -2.61. The highest BCUT2D eigenvalue weighted by Gasteiger charge is 2.47. The Morgan fingerprint density at radius 1 is 0.489 bits per heavy atom. The smallest absolute Gasteiger partial charge is 0.266 e. The van der Waals surface area contributed by atoms with Gasteiger partial charge in [-0.25, -0.2) is 0 Å². The minimum absolute atomic E-state index is 0.0225. The Hall–Kier alpha value is -5.42. The van der Waals surface area contributed by atoms with Crippen molar-refractivity contribution in [2.24, 2.45) is 0 Å². The van der Waals surface area contributed by atoms with Crippen molar-refractivity contribution >= 4 is 62.0 Å². The molecule has 0 bridgehead atoms. The molecule has 0 saturated heterocycles. The number of anilines is 3. The van der Waals surface area contributed by atoms with Gasteiger partial charge in [0, 0.05) is 45.4 Å². The van der Waals surface area contributed by atoms with Crippen LogP contribution in [0.2, 0.25) is 0 Å². The number of rotatable bonds is 4. The molecule has 3 aliphatic rings. The van der Waals surface area contributed by atoms with Gasteiger partial charge in [-0.1, -0.05) is 70.2 Å². The Kier molecular flexibility index (Phi) is 5.44. The number of ether oxygens (including phenoxy) is 2. The van der Waals surface area contributed by atoms with Crippen molar-refractivity contribution in [1.29, 1.82) is 0 Å². The van der Waals surface area contributed by atoms with E-state index in [4.69, 9.17) is 9.47 Å². The lowest BCUT2D eigenvalue weighted by molar-refractivity contribution is 0.464. The Morgan fingerprint density at radius 2 is 1.02 bits per heavy atom. The molecule has 0 spiro atoms. The second-order valence-electron chi connectivity index (χ2n) is 13.7. The predicted octanol–water partition coefficient (Wildman–Crippen LogP) is 9.54. The summed E-state index contributed by atoms with van der Waals surface area (Å²) >= 11 is 0. The van der Waals surface area contributed by atoms with Crippen molar-refractivity contribution < 1.29 is 9.47 Å². The van der Waals surface area contributed by atoms with Gasteiger partial charge in [0.15, 0.2) is 0 Å². The Balaban J connectivity index is 1.23. The Bertz CT molecular complexity index is 2300. The molecule has 7 aromatic rings. The molecule has 0 N–H and O–H groups in total. The first-order chi connectivity index (χ1) is 23.0. The van der Waals surface area contributed by atoms with Gasteiger partial charge in [-0.15, -0.1) is 0 Å². The minimum atomic E-state index is 0.0225. The standard InChI is InChI=1S/C42H33BN2O2/c1-24(2)26-16-18-32-30(20-26)31-21-27(25(3)4)17-19-33(31)45(32)29-22-38-42-39(23-29)47-37-15-9-13-35-41(37)43(42)40-34(12-8-14-36(40)46-38)44(35)28-10-6-5-7-11-28/h5-25H,1-4H3. The molecule has 0 fully saturated rings. The maximum atomic E-state index is 6.88. The van der Waals surface area contributed by atoms with E-state index >= 15 is 0 Å². The molecule has 4 heterocycles. The first-order valence-electron chi connectivity index (χ1n) is 16.7. The molecule has 5 heteroatoms. The third-order valence-electron chi connectivity index (χ3n) is 10.4. The van der Waals surface area contributed by atoms with Crippen molar-refractivity contribution in [3.63, 3.8) is 0 Å². The fraction of sp³-hybridized carbons (Fsp3) is 0.143. The van der Waals surface area contributed by atoms with E-state index in [9.17, 15) is 0 Å². The number of fused-ring (bicyclic) bond motifs is 3. The van der Waals surface area contributed by atoms with Crippen LogP contribution in [-0.4, -0.2) is 11.3 Å². The van der Waals surface area contributed by atoms with Crippen LogP contribution in [0.4, 0.5) is 17.1 Å². The molecule has 226 valence electrons. The summed E-state index contributed by atoms with van der Waals surface area (Å²) in [6.45, 7) is 9.08. The highest BCUT2D eigenvalue weighted by molar-refractivity contribution is 7.00. The van der Waals surface area contributed by atoms with E-state index in [0.29, 0.717) is 11.8 Å². The molecule has 1 aromatic heterocycles. The van der Waals surface area contributed by atoms with E-state index in [0.717, 1.165) is 51.2 Å². The van der Waals surface area contributed by atoms with Gasteiger partial charge < -0.3 is 18.9 Å². The molecule has 3 aliphatic heterocycles. The largest absolute Gasteiger partial charge is 0.458 e. The van der Waals surface area contributed by atoms with Gasteiger partial charge in [0.2, 0.25) is 0 Å². The van der Waals surface area contributed by atoms with Crippen molar-refractivity contribution in [2.45, 2.75) is 39.5 Å². The summed E-state index contributed by atoms with van der Waals surface area (Å²) in [5, 5.41) is 2.56. The molecule has 0 atom stereocenters. The number of hydrogen-bond donors (Lipinski definition) is 0. The summed E-state index contributed by atoms with van der Waals surface area (Å²) in [6.07, 6.45) is 0. The summed E-state index contributed by atoms with van der Waals surface area (Å²) in [6, 6.07) is 41.8. The molecule has 0 amide bonds. The van der Waals surface area contributed by atoms with Gasteiger partial charge in [0.05, 0.1) is 16.7 Å². The van der Waals surface area contributed by atoms with E-state index in [1.54, 1.807) is 0 Å². The summed E-state index contributed by atoms with van der Waals surface area (Å²) in [4.78, 5) is 2.35. The Morgan fingerprint density at radius 3 is 1.53 bits per heavy atom. The zero-order valence-electron chi connectivity index (χ0n) is 26.9. The first-order valence-corrected chi connectivity index (χ1v) is 16.7. The van der Waals surface area contributed by atoms with Crippen molar-refractivity contribution in [1.82, 2.24) is 4.57 Å². The molecule has 0 radical (unpaired) electrons. The van der Waals surface area contributed by atoms with Crippen molar-refractivity contribution in [3.05, 3.63) is 126 Å². The average Bonchev–Trinajstić information content (AvgIpc) is 3.41. The van der Waals surface area contributed by atoms with Crippen LogP contribution in [0.5, 0.6) is 23.0 Å². The molecule has 10 rings (SSSR count). The number of nitrogens with zero attached hydrogens (tertiary/aromatic N) is 2. The highest BCUT2D eigenvalue weighted by atomic mass is 16.5. The van der Waals surface area contributed by atoms with Crippen LogP contribution in [0, 0.1) is 0 Å². The second kappa shape index (κ2) is 9.55. The summed E-state index contributed by atoms with van der Waals surface area (Å²) in [5.74, 6) is 4.41. The van der Waals surface area contributed by atoms with E-state index in [1.165, 1.54) is 43.9 Å². The summed E-state index contributed by atoms with van der Waals surface area (Å²) in [7, 11) is 0. The van der Waals surface area contributed by atoms with Gasteiger partial charge in [0.1, 0.15) is 23.0 Å². The zero-order valence-corrected chi connectivity index (χ0v) is 26.9. The molecule has 0 aliphatic carbocycles. The van der Waals surface area contributed by atoms with Gasteiger partial charge >= 0.3 is 0 Å². The van der Waals surface area contributed by atoms with Gasteiger partial charge in [-0.3, -0.25) is 0 Å². The predicted molar refractivity (Wildman–Crippen MR) is 195 cm³/mol. The van der Waals surface area contributed by atoms with Crippen LogP contribution < -0.4 is 30.8 Å². The molecule has 4 nitrogen and oxygen atoms in total. The van der Waals surface area contributed by atoms with E-state index < -0.39 is 0 Å². The SMILES string of the molecule is CC(C)c1ccc2c(c1)c1cc(C(C)C)ccc1n2-c1cc2c3c(c1)Oc1cccc4c1B3c1c(cccc1N4c1ccccc1)O2. The van der Waals surface area contributed by atoms with E-state index in [-0.39, 0.29) is 6.71 Å². The van der Waals surface area contributed by atoms with Crippen LogP contribution in [-0.2, 0) is 0 Å². The number of benzene rings is 6. The number of para-hydroxylation sites is 1.